The molecule has 0 bridgehead atoms. The Kier molecular flexibility index (Phi) is 7.01. The number of methoxy groups -OCH3 is 1. The lowest BCUT2D eigenvalue weighted by Crippen LogP contribution is -2.11. The van der Waals surface area contributed by atoms with Crippen LogP contribution in [0.25, 0.3) is 11.5 Å². The second-order valence-electron chi connectivity index (χ2n) is 6.78. The third-order valence-corrected chi connectivity index (χ3v) is 4.59. The second-order valence-corrected chi connectivity index (χ2v) is 6.78. The highest BCUT2D eigenvalue weighted by Gasteiger charge is 2.12. The fraction of sp³-hybridized carbons (Fsp3) is 0.0769. The summed E-state index contributed by atoms with van der Waals surface area (Å²) < 4.78 is 11.1. The maximum absolute atomic E-state index is 12.5. The third kappa shape index (κ3) is 5.48. The van der Waals surface area contributed by atoms with E-state index < -0.39 is 0 Å². The van der Waals surface area contributed by atoms with Crippen molar-refractivity contribution in [3.63, 3.8) is 0 Å². The van der Waals surface area contributed by atoms with E-state index in [2.05, 4.69) is 11.9 Å². The molecule has 0 aliphatic heterocycles. The fourth-order valence-corrected chi connectivity index (χ4v) is 2.90. The van der Waals surface area contributed by atoms with E-state index >= 15 is 0 Å². The van der Waals surface area contributed by atoms with Gasteiger partial charge in [0.15, 0.2) is 0 Å². The van der Waals surface area contributed by atoms with Crippen LogP contribution >= 0.6 is 0 Å². The van der Waals surface area contributed by atoms with Crippen molar-refractivity contribution in [3.05, 3.63) is 108 Å². The predicted molar refractivity (Wildman–Crippen MR) is 123 cm³/mol. The van der Waals surface area contributed by atoms with E-state index in [-0.39, 0.29) is 5.91 Å². The molecule has 0 spiro atoms. The summed E-state index contributed by atoms with van der Waals surface area (Å²) in [6.45, 7) is 5.65. The lowest BCUT2D eigenvalue weighted by atomic mass is 10.1. The summed E-state index contributed by atoms with van der Waals surface area (Å²) >= 11 is 0. The van der Waals surface area contributed by atoms with Gasteiger partial charge in [-0.2, -0.15) is 0 Å². The third-order valence-electron chi connectivity index (χ3n) is 4.59. The van der Waals surface area contributed by atoms with Crippen LogP contribution < -0.4 is 10.1 Å². The van der Waals surface area contributed by atoms with Gasteiger partial charge < -0.3 is 14.8 Å². The van der Waals surface area contributed by atoms with Crippen LogP contribution in [-0.2, 0) is 9.53 Å². The average Bonchev–Trinajstić information content (AvgIpc) is 2.83. The van der Waals surface area contributed by atoms with Crippen molar-refractivity contribution in [2.24, 2.45) is 0 Å². The van der Waals surface area contributed by atoms with Gasteiger partial charge in [-0.25, -0.2) is 0 Å². The Hall–Kier alpha value is -4.12. The number of hydrogen-bond acceptors (Lipinski definition) is 4. The molecule has 5 nitrogen and oxygen atoms in total. The van der Waals surface area contributed by atoms with E-state index in [0.717, 1.165) is 11.8 Å². The molecule has 1 N–H and O–H groups in total. The van der Waals surface area contributed by atoms with Gasteiger partial charge in [-0.15, -0.1) is 0 Å². The normalized spacial score (nSPS) is 11.2. The number of allylic oxidation sites excluding steroid dienone is 1. The molecule has 0 aliphatic rings. The fourth-order valence-electron chi connectivity index (χ4n) is 2.90. The largest absolute Gasteiger partial charge is 0.497 e. The Morgan fingerprint density at radius 1 is 0.903 bits per heavy atom. The maximum atomic E-state index is 12.5. The van der Waals surface area contributed by atoms with Crippen molar-refractivity contribution >= 4 is 29.4 Å². The summed E-state index contributed by atoms with van der Waals surface area (Å²) in [7, 11) is 1.55. The summed E-state index contributed by atoms with van der Waals surface area (Å²) in [6, 6.07) is 23.4. The van der Waals surface area contributed by atoms with Gasteiger partial charge in [-0.3, -0.25) is 9.59 Å². The number of hydrogen-bond donors (Lipinski definition) is 1. The van der Waals surface area contributed by atoms with Gasteiger partial charge in [0.05, 0.1) is 7.11 Å². The number of rotatable bonds is 8. The highest BCUT2D eigenvalue weighted by molar-refractivity contribution is 6.04. The number of anilines is 1. The topological polar surface area (TPSA) is 64.6 Å². The minimum Gasteiger partial charge on any atom is -0.497 e. The average molecular weight is 413 g/mol. The maximum Gasteiger partial charge on any atom is 0.255 e. The summed E-state index contributed by atoms with van der Waals surface area (Å²) in [5.74, 6) is 1.21. The second kappa shape index (κ2) is 10.1. The standard InChI is InChI=1S/C26H23NO4/c1-18(17-28)25(31-19(2)20-8-5-4-6-9-20)21-12-14-23(15-13-21)27-26(29)22-10-7-11-24(16-22)30-3/h4-17H,2H2,1,3H3,(H,27,29)/b25-18+. The predicted octanol–water partition coefficient (Wildman–Crippen LogP) is 5.56. The SMILES string of the molecule is C=C(O/C(=C(\C)C=O)c1ccc(NC(=O)c2cccc(OC)c2)cc1)c1ccccc1. The Labute approximate surface area is 181 Å². The van der Waals surface area contributed by atoms with E-state index in [1.54, 1.807) is 62.6 Å². The van der Waals surface area contributed by atoms with Gasteiger partial charge >= 0.3 is 0 Å². The molecule has 3 aromatic carbocycles. The van der Waals surface area contributed by atoms with Crippen molar-refractivity contribution in [2.45, 2.75) is 6.92 Å². The minimum atomic E-state index is -0.250. The van der Waals surface area contributed by atoms with Crippen molar-refractivity contribution in [1.29, 1.82) is 0 Å². The quantitative estimate of drug-likeness (QED) is 0.298. The molecule has 0 atom stereocenters. The highest BCUT2D eigenvalue weighted by Crippen LogP contribution is 2.27. The lowest BCUT2D eigenvalue weighted by molar-refractivity contribution is -0.104. The van der Waals surface area contributed by atoms with Crippen molar-refractivity contribution in [2.75, 3.05) is 12.4 Å². The zero-order valence-electron chi connectivity index (χ0n) is 17.4. The van der Waals surface area contributed by atoms with Crippen LogP contribution in [0, 0.1) is 0 Å². The van der Waals surface area contributed by atoms with Crippen LogP contribution in [0.1, 0.15) is 28.4 Å². The highest BCUT2D eigenvalue weighted by atomic mass is 16.5. The first kappa shape index (κ1) is 21.6. The first-order valence-electron chi connectivity index (χ1n) is 9.66. The molecule has 0 radical (unpaired) electrons. The van der Waals surface area contributed by atoms with Gasteiger partial charge in [0, 0.05) is 28.0 Å². The molecule has 1 amide bonds. The monoisotopic (exact) mass is 413 g/mol. The Bertz CT molecular complexity index is 1120. The number of nitrogens with one attached hydrogen (secondary N) is 1. The number of carbonyl (C=O) groups is 2. The molecule has 0 saturated heterocycles. The number of ether oxygens (including phenoxy) is 2. The zero-order valence-corrected chi connectivity index (χ0v) is 17.4. The molecule has 0 heterocycles. The Balaban J connectivity index is 1.78. The molecule has 5 heteroatoms. The van der Waals surface area contributed by atoms with Gasteiger partial charge in [-0.05, 0) is 49.4 Å². The summed E-state index contributed by atoms with van der Waals surface area (Å²) in [5, 5.41) is 2.85. The van der Waals surface area contributed by atoms with Crippen LogP contribution in [0.2, 0.25) is 0 Å². The lowest BCUT2D eigenvalue weighted by Gasteiger charge is -2.15. The summed E-state index contributed by atoms with van der Waals surface area (Å²) in [5.41, 5.74) is 3.05. The first-order valence-corrected chi connectivity index (χ1v) is 9.66. The van der Waals surface area contributed by atoms with Gasteiger partial charge in [-0.1, -0.05) is 43.0 Å². The molecule has 0 saturated carbocycles. The van der Waals surface area contributed by atoms with E-state index in [4.69, 9.17) is 9.47 Å². The molecule has 0 fully saturated rings. The molecular formula is C26H23NO4. The number of aldehydes is 1. The van der Waals surface area contributed by atoms with Gasteiger partial charge in [0.2, 0.25) is 0 Å². The van der Waals surface area contributed by atoms with Crippen LogP contribution in [0.15, 0.2) is 91.0 Å². The van der Waals surface area contributed by atoms with Crippen molar-refractivity contribution < 1.29 is 19.1 Å². The molecule has 0 aromatic heterocycles. The van der Waals surface area contributed by atoms with E-state index in [1.165, 1.54) is 0 Å². The van der Waals surface area contributed by atoms with E-state index in [1.807, 2.05) is 30.3 Å². The molecule has 0 unspecified atom stereocenters. The van der Waals surface area contributed by atoms with Crippen LogP contribution in [0.3, 0.4) is 0 Å². The molecule has 31 heavy (non-hydrogen) atoms. The number of benzene rings is 3. The van der Waals surface area contributed by atoms with E-state index in [9.17, 15) is 9.59 Å². The van der Waals surface area contributed by atoms with Crippen molar-refractivity contribution in [3.8, 4) is 5.75 Å². The number of amides is 1. The smallest absolute Gasteiger partial charge is 0.255 e. The van der Waals surface area contributed by atoms with E-state index in [0.29, 0.717) is 39.7 Å². The Morgan fingerprint density at radius 3 is 2.23 bits per heavy atom. The first-order chi connectivity index (χ1) is 15.0. The molecule has 156 valence electrons. The number of carbonyl (C=O) groups excluding carboxylic acids is 2. The molecule has 3 rings (SSSR count). The summed E-state index contributed by atoms with van der Waals surface area (Å²) in [6.07, 6.45) is 0.742. The molecule has 0 aliphatic carbocycles. The van der Waals surface area contributed by atoms with Crippen molar-refractivity contribution in [1.82, 2.24) is 0 Å². The van der Waals surface area contributed by atoms with Crippen LogP contribution in [-0.4, -0.2) is 19.3 Å². The Morgan fingerprint density at radius 2 is 1.58 bits per heavy atom. The minimum absolute atomic E-state index is 0.250. The van der Waals surface area contributed by atoms with Crippen LogP contribution in [0.4, 0.5) is 5.69 Å². The zero-order chi connectivity index (χ0) is 22.2. The summed E-state index contributed by atoms with van der Waals surface area (Å²) in [4.78, 5) is 23.9. The molecule has 3 aromatic rings. The van der Waals surface area contributed by atoms with Gasteiger partial charge in [0.25, 0.3) is 5.91 Å². The van der Waals surface area contributed by atoms with Gasteiger partial charge in [0.1, 0.15) is 23.6 Å². The molecular weight excluding hydrogens is 390 g/mol. The van der Waals surface area contributed by atoms with Crippen LogP contribution in [0.5, 0.6) is 5.75 Å².